The molecular weight excluding hydrogens is 258 g/mol. The molecule has 2 aliphatic rings. The molecule has 6 nitrogen and oxygen atoms in total. The van der Waals surface area contributed by atoms with Gasteiger partial charge in [-0.2, -0.15) is 0 Å². The highest BCUT2D eigenvalue weighted by Crippen LogP contribution is 2.43. The van der Waals surface area contributed by atoms with Crippen molar-refractivity contribution < 1.29 is 14.7 Å². The molecule has 114 valence electrons. The molecule has 0 spiro atoms. The van der Waals surface area contributed by atoms with Crippen LogP contribution in [0.3, 0.4) is 0 Å². The highest BCUT2D eigenvalue weighted by molar-refractivity contribution is 6.07. The number of amidine groups is 1. The Morgan fingerprint density at radius 1 is 1.50 bits per heavy atom. The van der Waals surface area contributed by atoms with Crippen molar-refractivity contribution in [1.29, 1.82) is 0 Å². The number of carbonyl (C=O) groups excluding carboxylic acids is 1. The summed E-state index contributed by atoms with van der Waals surface area (Å²) in [4.78, 5) is 14.6. The van der Waals surface area contributed by atoms with Gasteiger partial charge in [0.05, 0.1) is 6.10 Å². The monoisotopic (exact) mass is 283 g/mol. The highest BCUT2D eigenvalue weighted by Gasteiger charge is 2.50. The number of hydrogen-bond donors (Lipinski definition) is 2. The fourth-order valence-corrected chi connectivity index (χ4v) is 3.05. The average molecular weight is 283 g/mol. The summed E-state index contributed by atoms with van der Waals surface area (Å²) in [6.45, 7) is 4.18. The predicted molar refractivity (Wildman–Crippen MR) is 75.5 cm³/mol. The lowest BCUT2D eigenvalue weighted by Gasteiger charge is -2.44. The van der Waals surface area contributed by atoms with Crippen molar-refractivity contribution in [2.75, 3.05) is 19.7 Å². The Hall–Kier alpha value is -1.30. The minimum atomic E-state index is -0.763. The van der Waals surface area contributed by atoms with Crippen molar-refractivity contribution in [3.8, 4) is 0 Å². The van der Waals surface area contributed by atoms with Gasteiger partial charge in [-0.1, -0.05) is 18.5 Å². The molecule has 3 N–H and O–H groups in total. The summed E-state index contributed by atoms with van der Waals surface area (Å²) >= 11 is 0. The first-order valence-corrected chi connectivity index (χ1v) is 7.53. The summed E-state index contributed by atoms with van der Waals surface area (Å²) in [7, 11) is 0. The Bertz CT molecular complexity index is 380. The van der Waals surface area contributed by atoms with Crippen molar-refractivity contribution in [1.82, 2.24) is 4.90 Å². The summed E-state index contributed by atoms with van der Waals surface area (Å²) in [5, 5.41) is 12.0. The smallest absolute Gasteiger partial charge is 0.236 e. The lowest BCUT2D eigenvalue weighted by molar-refractivity contribution is -0.146. The topological polar surface area (TPSA) is 88.2 Å². The van der Waals surface area contributed by atoms with Gasteiger partial charge in [0.15, 0.2) is 5.84 Å². The van der Waals surface area contributed by atoms with E-state index in [1.54, 1.807) is 0 Å². The second kappa shape index (κ2) is 6.43. The Morgan fingerprint density at radius 2 is 2.25 bits per heavy atom. The summed E-state index contributed by atoms with van der Waals surface area (Å²) in [6, 6.07) is 0. The van der Waals surface area contributed by atoms with Gasteiger partial charge in [0.25, 0.3) is 0 Å². The highest BCUT2D eigenvalue weighted by atomic mass is 16.5. The maximum absolute atomic E-state index is 12.7. The van der Waals surface area contributed by atoms with E-state index < -0.39 is 5.41 Å². The molecule has 0 aromatic heterocycles. The van der Waals surface area contributed by atoms with Gasteiger partial charge in [0, 0.05) is 19.7 Å². The molecule has 1 atom stereocenters. The number of piperidine rings is 1. The number of hydrogen-bond acceptors (Lipinski definition) is 4. The zero-order valence-electron chi connectivity index (χ0n) is 12.2. The van der Waals surface area contributed by atoms with E-state index in [9.17, 15) is 4.79 Å². The number of likely N-dealkylation sites (tertiary alicyclic amines) is 1. The van der Waals surface area contributed by atoms with E-state index in [0.717, 1.165) is 38.8 Å². The molecule has 20 heavy (non-hydrogen) atoms. The van der Waals surface area contributed by atoms with Crippen molar-refractivity contribution in [2.24, 2.45) is 16.3 Å². The number of carbonyl (C=O) groups is 1. The van der Waals surface area contributed by atoms with Crippen LogP contribution in [-0.4, -0.2) is 47.7 Å². The SMILES string of the molecule is CCCOC1CCCN(C(=O)C2(C(N)=NO)CCC2)C1. The molecule has 1 aliphatic heterocycles. The van der Waals surface area contributed by atoms with Gasteiger partial charge >= 0.3 is 0 Å². The molecule has 0 bridgehead atoms. The van der Waals surface area contributed by atoms with Crippen LogP contribution in [0.2, 0.25) is 0 Å². The fraction of sp³-hybridized carbons (Fsp3) is 0.857. The Kier molecular flexibility index (Phi) is 4.86. The van der Waals surface area contributed by atoms with Crippen LogP contribution in [-0.2, 0) is 9.53 Å². The Labute approximate surface area is 119 Å². The summed E-state index contributed by atoms with van der Waals surface area (Å²) in [5.41, 5.74) is 4.99. The van der Waals surface area contributed by atoms with Crippen LogP contribution in [0.25, 0.3) is 0 Å². The summed E-state index contributed by atoms with van der Waals surface area (Å²) in [5.74, 6) is 0.0641. The average Bonchev–Trinajstić information content (AvgIpc) is 2.43. The maximum atomic E-state index is 12.7. The van der Waals surface area contributed by atoms with E-state index in [1.165, 1.54) is 0 Å². The quantitative estimate of drug-likeness (QED) is 0.345. The lowest BCUT2D eigenvalue weighted by atomic mass is 9.66. The zero-order valence-corrected chi connectivity index (χ0v) is 12.2. The van der Waals surface area contributed by atoms with Crippen LogP contribution in [0.15, 0.2) is 5.16 Å². The minimum absolute atomic E-state index is 0.00356. The minimum Gasteiger partial charge on any atom is -0.409 e. The number of amides is 1. The van der Waals surface area contributed by atoms with Crippen molar-refractivity contribution >= 4 is 11.7 Å². The number of nitrogens with two attached hydrogens (primary N) is 1. The van der Waals surface area contributed by atoms with Gasteiger partial charge < -0.3 is 20.6 Å². The summed E-state index contributed by atoms with van der Waals surface area (Å²) in [6.07, 6.45) is 5.37. The van der Waals surface area contributed by atoms with E-state index >= 15 is 0 Å². The van der Waals surface area contributed by atoms with Gasteiger partial charge in [-0.3, -0.25) is 4.79 Å². The number of rotatable bonds is 5. The number of nitrogens with zero attached hydrogens (tertiary/aromatic N) is 2. The summed E-state index contributed by atoms with van der Waals surface area (Å²) < 4.78 is 5.76. The standard InChI is InChI=1S/C14H25N3O3/c1-2-9-20-11-5-3-8-17(10-11)13(18)14(6-4-7-14)12(15)16-19/h11,19H,2-10H2,1H3,(H2,15,16). The van der Waals surface area contributed by atoms with Gasteiger partial charge in [-0.25, -0.2) is 0 Å². The first-order chi connectivity index (χ1) is 9.64. The van der Waals surface area contributed by atoms with E-state index in [0.29, 0.717) is 19.4 Å². The van der Waals surface area contributed by atoms with E-state index in [2.05, 4.69) is 12.1 Å². The van der Waals surface area contributed by atoms with E-state index in [1.807, 2.05) is 4.90 Å². The third-order valence-electron chi connectivity index (χ3n) is 4.44. The van der Waals surface area contributed by atoms with Crippen LogP contribution >= 0.6 is 0 Å². The molecule has 1 saturated heterocycles. The van der Waals surface area contributed by atoms with Crippen LogP contribution in [0.1, 0.15) is 45.4 Å². The maximum Gasteiger partial charge on any atom is 0.236 e. The number of oxime groups is 1. The second-order valence-corrected chi connectivity index (χ2v) is 5.81. The third-order valence-corrected chi connectivity index (χ3v) is 4.44. The molecule has 1 unspecified atom stereocenters. The Morgan fingerprint density at radius 3 is 2.80 bits per heavy atom. The van der Waals surface area contributed by atoms with Crippen molar-refractivity contribution in [3.63, 3.8) is 0 Å². The molecule has 2 fully saturated rings. The first-order valence-electron chi connectivity index (χ1n) is 7.53. The predicted octanol–water partition coefficient (Wildman–Crippen LogP) is 1.32. The third kappa shape index (κ3) is 2.75. The number of ether oxygens (including phenoxy) is 1. The molecule has 2 rings (SSSR count). The normalized spacial score (nSPS) is 26.1. The molecular formula is C14H25N3O3. The first kappa shape index (κ1) is 15.1. The molecule has 1 aliphatic carbocycles. The van der Waals surface area contributed by atoms with Crippen molar-refractivity contribution in [3.05, 3.63) is 0 Å². The molecule has 1 amide bonds. The van der Waals surface area contributed by atoms with Crippen LogP contribution in [0.4, 0.5) is 0 Å². The van der Waals surface area contributed by atoms with Gasteiger partial charge in [-0.05, 0) is 32.1 Å². The van der Waals surface area contributed by atoms with E-state index in [-0.39, 0.29) is 17.8 Å². The molecule has 0 aromatic rings. The van der Waals surface area contributed by atoms with Gasteiger partial charge in [-0.15, -0.1) is 0 Å². The van der Waals surface area contributed by atoms with Crippen LogP contribution in [0.5, 0.6) is 0 Å². The zero-order chi connectivity index (χ0) is 14.6. The fourth-order valence-electron chi connectivity index (χ4n) is 3.05. The van der Waals surface area contributed by atoms with E-state index in [4.69, 9.17) is 15.7 Å². The van der Waals surface area contributed by atoms with Gasteiger partial charge in [0.2, 0.25) is 5.91 Å². The van der Waals surface area contributed by atoms with Crippen LogP contribution in [0, 0.1) is 5.41 Å². The largest absolute Gasteiger partial charge is 0.409 e. The Balaban J connectivity index is 2.01. The molecule has 0 radical (unpaired) electrons. The lowest BCUT2D eigenvalue weighted by Crippen LogP contribution is -2.57. The second-order valence-electron chi connectivity index (χ2n) is 5.81. The molecule has 1 heterocycles. The molecule has 1 saturated carbocycles. The molecule has 6 heteroatoms. The van der Waals surface area contributed by atoms with Crippen LogP contribution < -0.4 is 5.73 Å². The van der Waals surface area contributed by atoms with Gasteiger partial charge in [0.1, 0.15) is 5.41 Å². The molecule has 0 aromatic carbocycles. The van der Waals surface area contributed by atoms with Crippen molar-refractivity contribution in [2.45, 2.75) is 51.6 Å².